The molecule has 6 nitrogen and oxygen atoms in total. The van der Waals surface area contributed by atoms with Crippen LogP contribution in [0.3, 0.4) is 0 Å². The van der Waals surface area contributed by atoms with Crippen LogP contribution in [0.25, 0.3) is 17.2 Å². The zero-order valence-corrected chi connectivity index (χ0v) is 15.0. The molecule has 0 saturated carbocycles. The second-order valence-corrected chi connectivity index (χ2v) is 6.15. The van der Waals surface area contributed by atoms with E-state index < -0.39 is 5.97 Å². The Bertz CT molecular complexity index is 930. The second kappa shape index (κ2) is 7.97. The van der Waals surface area contributed by atoms with Crippen molar-refractivity contribution in [3.63, 3.8) is 0 Å². The highest BCUT2D eigenvalue weighted by atomic mass is 32.2. The third-order valence-corrected chi connectivity index (χ3v) is 4.33. The first-order valence-corrected chi connectivity index (χ1v) is 8.70. The summed E-state index contributed by atoms with van der Waals surface area (Å²) in [5.74, 6) is -0.345. The van der Waals surface area contributed by atoms with Crippen molar-refractivity contribution in [1.29, 1.82) is 0 Å². The van der Waals surface area contributed by atoms with Crippen LogP contribution in [0.5, 0.6) is 11.5 Å². The number of para-hydroxylation sites is 3. The van der Waals surface area contributed by atoms with Gasteiger partial charge in [-0.1, -0.05) is 24.3 Å². The monoisotopic (exact) mass is 370 g/mol. The minimum absolute atomic E-state index is 0.0502. The molecule has 0 N–H and O–H groups in total. The number of rotatable bonds is 7. The Balaban J connectivity index is 1.98. The summed E-state index contributed by atoms with van der Waals surface area (Å²) in [6, 6.07) is 12.5. The first kappa shape index (κ1) is 17.9. The van der Waals surface area contributed by atoms with Gasteiger partial charge in [0.1, 0.15) is 5.52 Å². The molecular weight excluding hydrogens is 354 g/mol. The standard InChI is InChI=1S/C19H17NO5S/c1-3-24-17-12(7-6-10-15(17)23-2)11-16(18(21)22)26-19-20-13-8-4-5-9-14(13)25-19/h4-11H,3H2,1-2H3,(H,21,22)/p-1/b16-11-. The van der Waals surface area contributed by atoms with E-state index in [4.69, 9.17) is 13.9 Å². The SMILES string of the molecule is CCOc1c(/C=C(\Sc2nc3ccccc3o2)C(=O)[O-])cccc1OC. The van der Waals surface area contributed by atoms with Gasteiger partial charge in [0, 0.05) is 10.5 Å². The Morgan fingerprint density at radius 3 is 2.77 bits per heavy atom. The third kappa shape index (κ3) is 3.83. The number of hydrogen-bond acceptors (Lipinski definition) is 7. The van der Waals surface area contributed by atoms with Crippen molar-refractivity contribution in [2.75, 3.05) is 13.7 Å². The lowest BCUT2D eigenvalue weighted by molar-refractivity contribution is -0.298. The van der Waals surface area contributed by atoms with Gasteiger partial charge in [0.05, 0.1) is 19.7 Å². The second-order valence-electron chi connectivity index (χ2n) is 5.16. The van der Waals surface area contributed by atoms with Crippen LogP contribution < -0.4 is 14.6 Å². The molecule has 134 valence electrons. The molecule has 0 aliphatic heterocycles. The number of benzene rings is 2. The van der Waals surface area contributed by atoms with E-state index in [1.54, 1.807) is 30.3 Å². The molecule has 3 aromatic rings. The average molecular weight is 370 g/mol. The molecule has 26 heavy (non-hydrogen) atoms. The van der Waals surface area contributed by atoms with E-state index in [0.717, 1.165) is 11.8 Å². The summed E-state index contributed by atoms with van der Waals surface area (Å²) in [5, 5.41) is 11.8. The van der Waals surface area contributed by atoms with Gasteiger partial charge in [-0.3, -0.25) is 0 Å². The lowest BCUT2D eigenvalue weighted by Crippen LogP contribution is -2.23. The maximum atomic E-state index is 11.6. The number of aliphatic carboxylic acids is 1. The molecule has 0 radical (unpaired) electrons. The van der Waals surface area contributed by atoms with Crippen molar-refractivity contribution in [2.45, 2.75) is 12.1 Å². The van der Waals surface area contributed by atoms with Gasteiger partial charge in [0.25, 0.3) is 5.22 Å². The summed E-state index contributed by atoms with van der Waals surface area (Å²) in [5.41, 5.74) is 1.81. The zero-order chi connectivity index (χ0) is 18.5. The molecule has 2 aromatic carbocycles. The molecular formula is C19H16NO5S-. The van der Waals surface area contributed by atoms with Crippen molar-refractivity contribution in [1.82, 2.24) is 4.98 Å². The number of carboxylic acid groups (broad SMARTS) is 1. The van der Waals surface area contributed by atoms with E-state index in [1.807, 2.05) is 19.1 Å². The maximum absolute atomic E-state index is 11.6. The van der Waals surface area contributed by atoms with Crippen LogP contribution in [-0.4, -0.2) is 24.7 Å². The van der Waals surface area contributed by atoms with Gasteiger partial charge in [-0.15, -0.1) is 0 Å². The van der Waals surface area contributed by atoms with Crippen LogP contribution in [0.4, 0.5) is 0 Å². The van der Waals surface area contributed by atoms with E-state index in [1.165, 1.54) is 13.2 Å². The number of carbonyl (C=O) groups excluding carboxylic acids is 1. The molecule has 0 atom stereocenters. The van der Waals surface area contributed by atoms with Gasteiger partial charge in [-0.25, -0.2) is 4.98 Å². The number of oxazole rings is 1. The molecule has 0 amide bonds. The van der Waals surface area contributed by atoms with Crippen LogP contribution in [0.1, 0.15) is 12.5 Å². The molecule has 0 bridgehead atoms. The number of carbonyl (C=O) groups is 1. The van der Waals surface area contributed by atoms with E-state index in [9.17, 15) is 9.90 Å². The van der Waals surface area contributed by atoms with Gasteiger partial charge in [-0.2, -0.15) is 0 Å². The summed E-state index contributed by atoms with van der Waals surface area (Å²) in [6.45, 7) is 2.26. The van der Waals surface area contributed by atoms with Gasteiger partial charge >= 0.3 is 0 Å². The first-order valence-electron chi connectivity index (χ1n) is 7.88. The first-order chi connectivity index (χ1) is 12.6. The maximum Gasteiger partial charge on any atom is 0.261 e. The number of thioether (sulfide) groups is 1. The Hall–Kier alpha value is -2.93. The summed E-state index contributed by atoms with van der Waals surface area (Å²) in [7, 11) is 1.53. The Morgan fingerprint density at radius 2 is 2.08 bits per heavy atom. The van der Waals surface area contributed by atoms with Crippen molar-refractivity contribution in [3.05, 3.63) is 52.9 Å². The van der Waals surface area contributed by atoms with Gasteiger partial charge in [0.15, 0.2) is 17.1 Å². The predicted molar refractivity (Wildman–Crippen MR) is 97.0 cm³/mol. The predicted octanol–water partition coefficient (Wildman–Crippen LogP) is 3.12. The number of ether oxygens (including phenoxy) is 2. The summed E-state index contributed by atoms with van der Waals surface area (Å²) >= 11 is 0.883. The minimum atomic E-state index is -1.33. The van der Waals surface area contributed by atoms with Gasteiger partial charge in [0.2, 0.25) is 0 Å². The van der Waals surface area contributed by atoms with E-state index in [2.05, 4.69) is 4.98 Å². The fourth-order valence-corrected chi connectivity index (χ4v) is 3.10. The molecule has 0 aliphatic rings. The van der Waals surface area contributed by atoms with Crippen molar-refractivity contribution < 1.29 is 23.8 Å². The molecule has 0 unspecified atom stereocenters. The Labute approximate surface area is 154 Å². The van der Waals surface area contributed by atoms with E-state index >= 15 is 0 Å². The van der Waals surface area contributed by atoms with Crippen molar-refractivity contribution in [2.24, 2.45) is 0 Å². The van der Waals surface area contributed by atoms with Crippen molar-refractivity contribution >= 4 is 34.9 Å². The van der Waals surface area contributed by atoms with Crippen LogP contribution in [0.2, 0.25) is 0 Å². The molecule has 0 saturated heterocycles. The molecule has 0 spiro atoms. The normalized spacial score (nSPS) is 11.5. The smallest absolute Gasteiger partial charge is 0.261 e. The van der Waals surface area contributed by atoms with E-state index in [0.29, 0.717) is 34.8 Å². The number of aromatic nitrogens is 1. The fraction of sp³-hybridized carbons (Fsp3) is 0.158. The van der Waals surface area contributed by atoms with Crippen molar-refractivity contribution in [3.8, 4) is 11.5 Å². The summed E-state index contributed by atoms with van der Waals surface area (Å²) in [4.78, 5) is 15.8. The minimum Gasteiger partial charge on any atom is -0.544 e. The molecule has 7 heteroatoms. The quantitative estimate of drug-likeness (QED) is 0.467. The van der Waals surface area contributed by atoms with E-state index in [-0.39, 0.29) is 10.1 Å². The van der Waals surface area contributed by atoms with Crippen LogP contribution >= 0.6 is 11.8 Å². The Morgan fingerprint density at radius 1 is 1.27 bits per heavy atom. The summed E-state index contributed by atoms with van der Waals surface area (Å²) in [6.07, 6.45) is 1.46. The largest absolute Gasteiger partial charge is 0.544 e. The molecule has 1 aromatic heterocycles. The number of methoxy groups -OCH3 is 1. The van der Waals surface area contributed by atoms with Crippen LogP contribution in [0, 0.1) is 0 Å². The Kier molecular flexibility index (Phi) is 5.48. The molecule has 0 aliphatic carbocycles. The highest BCUT2D eigenvalue weighted by molar-refractivity contribution is 8.03. The van der Waals surface area contributed by atoms with Gasteiger partial charge in [-0.05, 0) is 43.0 Å². The zero-order valence-electron chi connectivity index (χ0n) is 14.2. The lowest BCUT2D eigenvalue weighted by Gasteiger charge is -2.13. The highest BCUT2D eigenvalue weighted by Crippen LogP contribution is 2.35. The van der Waals surface area contributed by atoms with Crippen LogP contribution in [-0.2, 0) is 4.79 Å². The average Bonchev–Trinajstić information content (AvgIpc) is 3.05. The van der Waals surface area contributed by atoms with Gasteiger partial charge < -0.3 is 23.8 Å². The third-order valence-electron chi connectivity index (χ3n) is 3.48. The number of fused-ring (bicyclic) bond motifs is 1. The number of hydrogen-bond donors (Lipinski definition) is 0. The molecule has 0 fully saturated rings. The fourth-order valence-electron chi connectivity index (χ4n) is 2.37. The lowest BCUT2D eigenvalue weighted by atomic mass is 10.1. The topological polar surface area (TPSA) is 84.6 Å². The number of carboxylic acids is 1. The number of nitrogens with zero attached hydrogens (tertiary/aromatic N) is 1. The molecule has 1 heterocycles. The summed E-state index contributed by atoms with van der Waals surface area (Å²) < 4.78 is 16.5. The highest BCUT2D eigenvalue weighted by Gasteiger charge is 2.13. The van der Waals surface area contributed by atoms with Crippen LogP contribution in [0.15, 0.2) is 57.0 Å². The molecule has 3 rings (SSSR count).